The fraction of sp³-hybridized carbons (Fsp3) is 1.00. The van der Waals surface area contributed by atoms with Crippen LogP contribution in [0.1, 0.15) is 53.9 Å². The molecule has 1 N–H and O–H groups in total. The molecule has 1 atom stereocenters. The largest absolute Gasteiger partial charge is 0.285 e. The predicted octanol–water partition coefficient (Wildman–Crippen LogP) is 2.87. The first-order valence-corrected chi connectivity index (χ1v) is 6.49. The van der Waals surface area contributed by atoms with Gasteiger partial charge in [0.15, 0.2) is 0 Å². The van der Waals surface area contributed by atoms with Gasteiger partial charge in [0, 0.05) is 0 Å². The molecule has 0 amide bonds. The molecule has 0 saturated carbocycles. The molecule has 0 aliphatic rings. The van der Waals surface area contributed by atoms with Gasteiger partial charge in [-0.3, -0.25) is 4.55 Å². The van der Waals surface area contributed by atoms with E-state index < -0.39 is 14.9 Å². The fourth-order valence-electron chi connectivity index (χ4n) is 1.54. The molecule has 0 aromatic carbocycles. The molecule has 0 bridgehead atoms. The molecule has 0 saturated heterocycles. The maximum Gasteiger partial charge on any atom is 0.270 e. The maximum absolute atomic E-state index is 11.2. The van der Waals surface area contributed by atoms with E-state index in [-0.39, 0.29) is 5.41 Å². The third-order valence-corrected chi connectivity index (χ3v) is 4.86. The first kappa shape index (κ1) is 13.9. The van der Waals surface area contributed by atoms with Crippen molar-refractivity contribution in [1.82, 2.24) is 0 Å². The molecule has 0 spiro atoms. The molecule has 0 fully saturated rings. The van der Waals surface area contributed by atoms with Crippen LogP contribution in [0.5, 0.6) is 0 Å². The van der Waals surface area contributed by atoms with Crippen LogP contribution >= 0.6 is 0 Å². The zero-order valence-corrected chi connectivity index (χ0v) is 10.6. The summed E-state index contributed by atoms with van der Waals surface area (Å²) >= 11 is 0. The van der Waals surface area contributed by atoms with Gasteiger partial charge in [-0.2, -0.15) is 8.42 Å². The molecule has 3 nitrogen and oxygen atoms in total. The molecule has 0 aromatic heterocycles. The molecule has 0 radical (unpaired) electrons. The van der Waals surface area contributed by atoms with Gasteiger partial charge in [0.1, 0.15) is 0 Å². The summed E-state index contributed by atoms with van der Waals surface area (Å²) in [4.78, 5) is 0. The first-order valence-electron chi connectivity index (χ1n) is 5.05. The quantitative estimate of drug-likeness (QED) is 0.728. The predicted molar refractivity (Wildman–Crippen MR) is 58.9 cm³/mol. The highest BCUT2D eigenvalue weighted by Gasteiger charge is 2.40. The van der Waals surface area contributed by atoms with Crippen LogP contribution in [0, 0.1) is 5.41 Å². The molecular weight excluding hydrogens is 200 g/mol. The van der Waals surface area contributed by atoms with Crippen molar-refractivity contribution in [3.05, 3.63) is 0 Å². The first-order chi connectivity index (χ1) is 6.08. The third kappa shape index (κ3) is 3.24. The second-order valence-electron chi connectivity index (χ2n) is 4.97. The Balaban J connectivity index is 4.93. The molecule has 0 heterocycles. The van der Waals surface area contributed by atoms with Crippen molar-refractivity contribution >= 4 is 10.1 Å². The summed E-state index contributed by atoms with van der Waals surface area (Å²) in [5, 5.41) is 0. The van der Waals surface area contributed by atoms with Crippen LogP contribution < -0.4 is 0 Å². The van der Waals surface area contributed by atoms with Crippen molar-refractivity contribution in [2.75, 3.05) is 0 Å². The number of rotatable bonds is 5. The summed E-state index contributed by atoms with van der Waals surface area (Å²) in [6, 6.07) is 0. The van der Waals surface area contributed by atoms with Crippen molar-refractivity contribution in [2.24, 2.45) is 5.41 Å². The lowest BCUT2D eigenvalue weighted by atomic mass is 9.80. The van der Waals surface area contributed by atoms with E-state index in [1.807, 2.05) is 20.8 Å². The van der Waals surface area contributed by atoms with Gasteiger partial charge in [0.2, 0.25) is 0 Å². The topological polar surface area (TPSA) is 54.4 Å². The van der Waals surface area contributed by atoms with E-state index in [0.29, 0.717) is 12.8 Å². The van der Waals surface area contributed by atoms with E-state index in [0.717, 1.165) is 6.42 Å². The summed E-state index contributed by atoms with van der Waals surface area (Å²) < 4.78 is 30.6. The second kappa shape index (κ2) is 4.19. The zero-order valence-electron chi connectivity index (χ0n) is 9.79. The molecule has 86 valence electrons. The van der Waals surface area contributed by atoms with E-state index in [9.17, 15) is 8.42 Å². The van der Waals surface area contributed by atoms with Gasteiger partial charge in [-0.15, -0.1) is 0 Å². The Morgan fingerprint density at radius 3 is 1.71 bits per heavy atom. The lowest BCUT2D eigenvalue weighted by Crippen LogP contribution is -2.38. The summed E-state index contributed by atoms with van der Waals surface area (Å²) in [6.07, 6.45) is 1.83. The van der Waals surface area contributed by atoms with Gasteiger partial charge < -0.3 is 0 Å². The van der Waals surface area contributed by atoms with E-state index in [1.165, 1.54) is 0 Å². The lowest BCUT2D eigenvalue weighted by Gasteiger charge is -2.33. The summed E-state index contributed by atoms with van der Waals surface area (Å²) in [7, 11) is -3.96. The number of hydrogen-bond donors (Lipinski definition) is 1. The van der Waals surface area contributed by atoms with Crippen LogP contribution in [0.2, 0.25) is 0 Å². The van der Waals surface area contributed by atoms with Crippen LogP contribution in [0.4, 0.5) is 0 Å². The lowest BCUT2D eigenvalue weighted by molar-refractivity contribution is 0.263. The van der Waals surface area contributed by atoms with Crippen LogP contribution in [-0.2, 0) is 10.1 Å². The van der Waals surface area contributed by atoms with E-state index in [1.54, 1.807) is 13.8 Å². The Morgan fingerprint density at radius 2 is 1.50 bits per heavy atom. The monoisotopic (exact) mass is 222 g/mol. The highest BCUT2D eigenvalue weighted by atomic mass is 32.2. The minimum atomic E-state index is -3.96. The average molecular weight is 222 g/mol. The van der Waals surface area contributed by atoms with Crippen molar-refractivity contribution < 1.29 is 13.0 Å². The highest BCUT2D eigenvalue weighted by Crippen LogP contribution is 2.36. The summed E-state index contributed by atoms with van der Waals surface area (Å²) in [5.41, 5.74) is -0.0550. The van der Waals surface area contributed by atoms with Gasteiger partial charge >= 0.3 is 0 Å². The van der Waals surface area contributed by atoms with Gasteiger partial charge in [0.05, 0.1) is 4.75 Å². The average Bonchev–Trinajstić information content (AvgIpc) is 2.01. The molecular formula is C10H22O3S. The minimum Gasteiger partial charge on any atom is -0.285 e. The van der Waals surface area contributed by atoms with E-state index >= 15 is 0 Å². The van der Waals surface area contributed by atoms with Crippen molar-refractivity contribution in [2.45, 2.75) is 58.6 Å². The van der Waals surface area contributed by atoms with Gasteiger partial charge in [-0.25, -0.2) is 0 Å². The van der Waals surface area contributed by atoms with Crippen molar-refractivity contribution in [3.8, 4) is 0 Å². The van der Waals surface area contributed by atoms with Crippen molar-refractivity contribution in [1.29, 1.82) is 0 Å². The Hall–Kier alpha value is -0.0900. The highest BCUT2D eigenvalue weighted by molar-refractivity contribution is 7.87. The Kier molecular flexibility index (Phi) is 4.16. The SMILES string of the molecule is CCC(C)(C)CC(C)(CC)S(=O)(=O)O. The second-order valence-corrected chi connectivity index (χ2v) is 6.91. The minimum absolute atomic E-state index is 0.0550. The van der Waals surface area contributed by atoms with Crippen LogP contribution in [0.3, 0.4) is 0 Å². The molecule has 0 aliphatic carbocycles. The normalized spacial score (nSPS) is 17.9. The molecule has 4 heteroatoms. The molecule has 0 rings (SSSR count). The standard InChI is InChI=1S/C10H22O3S/c1-6-9(3,4)8-10(5,7-2)14(11,12)13/h6-8H2,1-5H3,(H,11,12,13). The zero-order chi connectivity index (χ0) is 11.6. The summed E-state index contributed by atoms with van der Waals surface area (Å²) in [5.74, 6) is 0. The smallest absolute Gasteiger partial charge is 0.270 e. The van der Waals surface area contributed by atoms with E-state index in [4.69, 9.17) is 4.55 Å². The molecule has 0 aromatic rings. The van der Waals surface area contributed by atoms with Crippen LogP contribution in [0.15, 0.2) is 0 Å². The van der Waals surface area contributed by atoms with Gasteiger partial charge in [-0.05, 0) is 25.2 Å². The Labute approximate surface area is 87.7 Å². The van der Waals surface area contributed by atoms with E-state index in [2.05, 4.69) is 0 Å². The fourth-order valence-corrected chi connectivity index (χ4v) is 2.47. The van der Waals surface area contributed by atoms with Gasteiger partial charge in [-0.1, -0.05) is 34.1 Å². The van der Waals surface area contributed by atoms with Crippen LogP contribution in [0.25, 0.3) is 0 Å². The molecule has 1 unspecified atom stereocenters. The van der Waals surface area contributed by atoms with Crippen LogP contribution in [-0.4, -0.2) is 17.7 Å². The van der Waals surface area contributed by atoms with Crippen molar-refractivity contribution in [3.63, 3.8) is 0 Å². The molecule has 14 heavy (non-hydrogen) atoms. The summed E-state index contributed by atoms with van der Waals surface area (Å²) in [6.45, 7) is 9.47. The van der Waals surface area contributed by atoms with Gasteiger partial charge in [0.25, 0.3) is 10.1 Å². The molecule has 0 aliphatic heterocycles. The Morgan fingerprint density at radius 1 is 1.07 bits per heavy atom. The Bertz CT molecular complexity index is 280. The number of hydrogen-bond acceptors (Lipinski definition) is 2. The third-order valence-electron chi connectivity index (χ3n) is 3.18. The maximum atomic E-state index is 11.2.